The van der Waals surface area contributed by atoms with Crippen molar-refractivity contribution in [1.29, 1.82) is 0 Å². The number of likely N-dealkylation sites (tertiary alicyclic amines) is 2. The summed E-state index contributed by atoms with van der Waals surface area (Å²) in [6.07, 6.45) is 9.84. The Morgan fingerprint density at radius 3 is 2.63 bits per heavy atom. The van der Waals surface area contributed by atoms with Crippen LogP contribution >= 0.6 is 11.3 Å². The Bertz CT molecular complexity index is 1370. The highest BCUT2D eigenvalue weighted by Crippen LogP contribution is 2.43. The number of hydrogen-bond donors (Lipinski definition) is 3. The number of H-pyrrole nitrogens is 1. The lowest BCUT2D eigenvalue weighted by atomic mass is 9.73. The third kappa shape index (κ3) is 4.55. The summed E-state index contributed by atoms with van der Waals surface area (Å²) >= 11 is 1.20. The van der Waals surface area contributed by atoms with Crippen molar-refractivity contribution in [3.8, 4) is 11.4 Å². The summed E-state index contributed by atoms with van der Waals surface area (Å²) in [5, 5.41) is 10.5. The summed E-state index contributed by atoms with van der Waals surface area (Å²) in [5.41, 5.74) is 8.83. The quantitative estimate of drug-likeness (QED) is 0.462. The van der Waals surface area contributed by atoms with Crippen LogP contribution in [0.3, 0.4) is 0 Å². The van der Waals surface area contributed by atoms with Gasteiger partial charge in [0.2, 0.25) is 5.95 Å². The normalized spacial score (nSPS) is 19.6. The molecule has 2 aliphatic heterocycles. The van der Waals surface area contributed by atoms with Crippen LogP contribution in [0.4, 0.5) is 11.1 Å². The number of hydrogen-bond acceptors (Lipinski definition) is 9. The number of nitrogens with zero attached hydrogens (tertiary/aromatic N) is 6. The predicted octanol–water partition coefficient (Wildman–Crippen LogP) is 3.08. The molecule has 0 unspecified atom stereocenters. The lowest BCUT2D eigenvalue weighted by Crippen LogP contribution is -2.48. The average molecular weight is 536 g/mol. The summed E-state index contributed by atoms with van der Waals surface area (Å²) in [7, 11) is 0. The molecule has 0 saturated carbocycles. The molecule has 5 heterocycles. The predicted molar refractivity (Wildman–Crippen MR) is 145 cm³/mol. The van der Waals surface area contributed by atoms with Crippen LogP contribution in [-0.4, -0.2) is 79.0 Å². The molecule has 11 nitrogen and oxygen atoms in total. The number of anilines is 2. The smallest absolute Gasteiger partial charge is 0.278 e. The molecule has 3 aliphatic rings. The maximum Gasteiger partial charge on any atom is 0.278 e. The highest BCUT2D eigenvalue weighted by atomic mass is 32.1. The first-order chi connectivity index (χ1) is 18.3. The first kappa shape index (κ1) is 24.9. The minimum absolute atomic E-state index is 0.0211. The molecule has 4 N–H and O–H groups in total. The molecule has 12 heteroatoms. The zero-order chi connectivity index (χ0) is 26.4. The molecule has 1 aliphatic carbocycles. The number of nitrogens with one attached hydrogen (secondary N) is 2. The van der Waals surface area contributed by atoms with Crippen molar-refractivity contribution in [1.82, 2.24) is 34.9 Å². The van der Waals surface area contributed by atoms with Gasteiger partial charge in [0.1, 0.15) is 4.88 Å². The number of nitrogens with two attached hydrogens (primary N) is 1. The number of aromatic nitrogens is 5. The van der Waals surface area contributed by atoms with Gasteiger partial charge in [-0.1, -0.05) is 31.6 Å². The van der Waals surface area contributed by atoms with E-state index in [0.29, 0.717) is 33.9 Å². The van der Waals surface area contributed by atoms with Gasteiger partial charge in [-0.25, -0.2) is 15.0 Å². The fourth-order valence-electron chi connectivity index (χ4n) is 6.13. The highest BCUT2D eigenvalue weighted by Gasteiger charge is 2.39. The molecule has 3 aromatic rings. The van der Waals surface area contributed by atoms with E-state index in [0.717, 1.165) is 37.1 Å². The van der Waals surface area contributed by atoms with Crippen LogP contribution in [0.1, 0.15) is 77.2 Å². The molecule has 6 rings (SSSR count). The molecule has 0 atom stereocenters. The van der Waals surface area contributed by atoms with Crippen molar-refractivity contribution in [3.63, 3.8) is 0 Å². The number of nitrogen functional groups attached to an aromatic ring is 1. The van der Waals surface area contributed by atoms with E-state index in [1.165, 1.54) is 43.7 Å². The van der Waals surface area contributed by atoms with E-state index in [1.54, 1.807) is 12.4 Å². The fraction of sp³-hybridized carbons (Fsp3) is 0.538. The molecule has 200 valence electrons. The number of piperidine rings is 2. The van der Waals surface area contributed by atoms with Crippen LogP contribution in [0.25, 0.3) is 11.4 Å². The topological polar surface area (TPSA) is 146 Å². The van der Waals surface area contributed by atoms with Crippen molar-refractivity contribution < 1.29 is 9.59 Å². The first-order valence-electron chi connectivity index (χ1n) is 13.3. The zero-order valence-electron chi connectivity index (χ0n) is 21.8. The van der Waals surface area contributed by atoms with E-state index in [1.807, 2.05) is 4.90 Å². The van der Waals surface area contributed by atoms with Crippen LogP contribution in [0.15, 0.2) is 12.4 Å². The number of rotatable bonds is 4. The maximum absolute atomic E-state index is 13.3. The molecule has 38 heavy (non-hydrogen) atoms. The lowest BCUT2D eigenvalue weighted by Gasteiger charge is -2.40. The van der Waals surface area contributed by atoms with Gasteiger partial charge in [-0.05, 0) is 56.2 Å². The maximum atomic E-state index is 13.3. The molecular formula is C26H33N9O2S. The van der Waals surface area contributed by atoms with Gasteiger partial charge in [-0.2, -0.15) is 5.10 Å². The standard InChI is InChI=1S/C26H33N9O2S/c1-26(2)12-15-13-28-24(27)30-19(15)20-18(26)21(33-32-20)22(36)31-25-29-14-17(38-25)23(37)35-10-6-16(7-11-35)34-8-4-3-5-9-34/h13-14,16H,3-12H2,1-2H3,(H,32,33)(H2,27,28,30)(H,29,31,36). The Hall–Kier alpha value is -3.38. The van der Waals surface area contributed by atoms with Crippen molar-refractivity contribution in [2.45, 2.75) is 63.8 Å². The molecule has 0 bridgehead atoms. The van der Waals surface area contributed by atoms with Gasteiger partial charge >= 0.3 is 0 Å². The average Bonchev–Trinajstić information content (AvgIpc) is 3.58. The largest absolute Gasteiger partial charge is 0.368 e. The van der Waals surface area contributed by atoms with Gasteiger partial charge in [0.15, 0.2) is 10.8 Å². The second kappa shape index (κ2) is 9.73. The Balaban J connectivity index is 1.13. The van der Waals surface area contributed by atoms with Crippen LogP contribution in [0.2, 0.25) is 0 Å². The van der Waals surface area contributed by atoms with Crippen molar-refractivity contribution in [2.75, 3.05) is 37.2 Å². The van der Waals surface area contributed by atoms with Gasteiger partial charge in [-0.3, -0.25) is 20.0 Å². The Kier molecular flexibility index (Phi) is 6.39. The molecule has 2 saturated heterocycles. The fourth-order valence-corrected chi connectivity index (χ4v) is 6.91. The molecule has 3 aromatic heterocycles. The Morgan fingerprint density at radius 2 is 1.87 bits per heavy atom. The minimum Gasteiger partial charge on any atom is -0.368 e. The first-order valence-corrected chi connectivity index (χ1v) is 14.1. The SMILES string of the molecule is CC1(C)Cc2cnc(N)nc2-c2[nH]nc(C(=O)Nc3ncc(C(=O)N4CCC(N5CCCCC5)CC4)s3)c21. The van der Waals surface area contributed by atoms with E-state index in [9.17, 15) is 9.59 Å². The zero-order valence-corrected chi connectivity index (χ0v) is 22.6. The van der Waals surface area contributed by atoms with Crippen LogP contribution in [0, 0.1) is 0 Å². The Labute approximate surface area is 225 Å². The van der Waals surface area contributed by atoms with Crippen molar-refractivity contribution in [3.05, 3.63) is 34.1 Å². The van der Waals surface area contributed by atoms with Crippen molar-refractivity contribution in [2.24, 2.45) is 0 Å². The van der Waals surface area contributed by atoms with Gasteiger partial charge in [0, 0.05) is 30.9 Å². The second-order valence-electron chi connectivity index (χ2n) is 11.1. The van der Waals surface area contributed by atoms with Crippen LogP contribution in [-0.2, 0) is 11.8 Å². The third-order valence-electron chi connectivity index (χ3n) is 8.01. The minimum atomic E-state index is -0.378. The number of thiazole rings is 1. The van der Waals surface area contributed by atoms with Crippen LogP contribution < -0.4 is 11.1 Å². The molecule has 0 spiro atoms. The second-order valence-corrected chi connectivity index (χ2v) is 12.1. The van der Waals surface area contributed by atoms with E-state index in [2.05, 4.69) is 49.2 Å². The molecule has 2 fully saturated rings. The number of aromatic amines is 1. The van der Waals surface area contributed by atoms with Gasteiger partial charge in [0.25, 0.3) is 11.8 Å². The molecule has 0 aromatic carbocycles. The van der Waals surface area contributed by atoms with E-state index >= 15 is 0 Å². The van der Waals surface area contributed by atoms with Gasteiger partial charge in [-0.15, -0.1) is 0 Å². The highest BCUT2D eigenvalue weighted by molar-refractivity contribution is 7.17. The molecule has 0 radical (unpaired) electrons. The molecule has 2 amide bonds. The summed E-state index contributed by atoms with van der Waals surface area (Å²) in [6, 6.07) is 0.578. The van der Waals surface area contributed by atoms with Crippen molar-refractivity contribution >= 4 is 34.2 Å². The number of carbonyl (C=O) groups excluding carboxylic acids is 2. The van der Waals surface area contributed by atoms with E-state index < -0.39 is 0 Å². The van der Waals surface area contributed by atoms with Crippen LogP contribution in [0.5, 0.6) is 0 Å². The van der Waals surface area contributed by atoms with Gasteiger partial charge in [0.05, 0.1) is 17.6 Å². The molecular weight excluding hydrogens is 502 g/mol. The Morgan fingerprint density at radius 1 is 1.11 bits per heavy atom. The summed E-state index contributed by atoms with van der Waals surface area (Å²) < 4.78 is 0. The van der Waals surface area contributed by atoms with Gasteiger partial charge < -0.3 is 15.5 Å². The summed E-state index contributed by atoms with van der Waals surface area (Å²) in [4.78, 5) is 44.3. The lowest BCUT2D eigenvalue weighted by molar-refractivity contribution is 0.0594. The van der Waals surface area contributed by atoms with E-state index in [4.69, 9.17) is 5.73 Å². The number of carbonyl (C=O) groups is 2. The number of amides is 2. The summed E-state index contributed by atoms with van der Waals surface area (Å²) in [6.45, 7) is 7.99. The van der Waals surface area contributed by atoms with E-state index in [-0.39, 0.29) is 28.9 Å². The summed E-state index contributed by atoms with van der Waals surface area (Å²) in [5.74, 6) is -0.227. The monoisotopic (exact) mass is 535 g/mol. The third-order valence-corrected chi connectivity index (χ3v) is 8.91. The number of fused-ring (bicyclic) bond motifs is 3.